The molecule has 2 rings (SSSR count). The van der Waals surface area contributed by atoms with Crippen LogP contribution in [0.15, 0.2) is 36.5 Å². The molecule has 98 valence electrons. The molecule has 1 heterocycles. The minimum absolute atomic E-state index is 0.0634. The molecule has 1 aliphatic carbocycles. The molecule has 3 heteroatoms. The van der Waals surface area contributed by atoms with Crippen molar-refractivity contribution in [1.29, 1.82) is 0 Å². The summed E-state index contributed by atoms with van der Waals surface area (Å²) in [4.78, 5) is 13.9. The summed E-state index contributed by atoms with van der Waals surface area (Å²) < 4.78 is 0. The van der Waals surface area contributed by atoms with Gasteiger partial charge < -0.3 is 10.0 Å². The van der Waals surface area contributed by atoms with Gasteiger partial charge in [0.1, 0.15) is 0 Å². The van der Waals surface area contributed by atoms with Crippen molar-refractivity contribution in [3.8, 4) is 0 Å². The van der Waals surface area contributed by atoms with Crippen molar-refractivity contribution in [3.63, 3.8) is 0 Å². The smallest absolute Gasteiger partial charge is 0.246 e. The number of allylic oxidation sites excluding steroid dienone is 2. The highest BCUT2D eigenvalue weighted by molar-refractivity contribution is 5.87. The Labute approximate surface area is 108 Å². The van der Waals surface area contributed by atoms with E-state index >= 15 is 0 Å². The summed E-state index contributed by atoms with van der Waals surface area (Å²) in [5.41, 5.74) is -0.895. The van der Waals surface area contributed by atoms with E-state index in [1.54, 1.807) is 25.2 Å². The SMILES string of the molecule is CC1(O)C=CC=CC1/C=C/C(=O)N1CCCCC1. The van der Waals surface area contributed by atoms with Crippen LogP contribution in [0.2, 0.25) is 0 Å². The first-order chi connectivity index (χ1) is 8.59. The Morgan fingerprint density at radius 2 is 2.06 bits per heavy atom. The third-order valence-corrected chi connectivity index (χ3v) is 3.65. The number of hydrogen-bond donors (Lipinski definition) is 1. The fourth-order valence-corrected chi connectivity index (χ4v) is 2.40. The van der Waals surface area contributed by atoms with E-state index in [1.807, 2.05) is 23.1 Å². The van der Waals surface area contributed by atoms with Gasteiger partial charge in [0, 0.05) is 19.0 Å². The standard InChI is InChI=1S/C15H21NO2/c1-15(18)10-4-3-7-13(15)8-9-14(17)16-11-5-2-6-12-16/h3-4,7-10,13,18H,2,5-6,11-12H2,1H3/b9-8+. The minimum Gasteiger partial charge on any atom is -0.385 e. The van der Waals surface area contributed by atoms with Crippen molar-refractivity contribution >= 4 is 5.91 Å². The summed E-state index contributed by atoms with van der Waals surface area (Å²) in [5.74, 6) is -0.0651. The van der Waals surface area contributed by atoms with Crippen LogP contribution in [0.4, 0.5) is 0 Å². The lowest BCUT2D eigenvalue weighted by atomic mass is 9.85. The number of likely N-dealkylation sites (tertiary alicyclic amines) is 1. The predicted molar refractivity (Wildman–Crippen MR) is 72.0 cm³/mol. The van der Waals surface area contributed by atoms with Crippen LogP contribution in [0, 0.1) is 5.92 Å². The number of piperidine rings is 1. The highest BCUT2D eigenvalue weighted by Gasteiger charge is 2.26. The molecule has 0 spiro atoms. The summed E-state index contributed by atoms with van der Waals surface area (Å²) in [6.07, 6.45) is 14.2. The van der Waals surface area contributed by atoms with E-state index in [0.29, 0.717) is 0 Å². The Kier molecular flexibility index (Phi) is 4.02. The first kappa shape index (κ1) is 13.1. The lowest BCUT2D eigenvalue weighted by molar-refractivity contribution is -0.126. The molecule has 3 nitrogen and oxygen atoms in total. The maximum absolute atomic E-state index is 12.0. The average molecular weight is 247 g/mol. The van der Waals surface area contributed by atoms with Gasteiger partial charge in [-0.05, 0) is 32.3 Å². The Balaban J connectivity index is 1.95. The molecule has 2 atom stereocenters. The molecule has 0 aromatic rings. The first-order valence-electron chi connectivity index (χ1n) is 6.65. The van der Waals surface area contributed by atoms with Crippen LogP contribution in [-0.2, 0) is 4.79 Å². The molecule has 1 amide bonds. The molecule has 1 aliphatic heterocycles. The maximum atomic E-state index is 12.0. The van der Waals surface area contributed by atoms with Crippen molar-refractivity contribution in [2.75, 3.05) is 13.1 Å². The van der Waals surface area contributed by atoms with Gasteiger partial charge in [-0.3, -0.25) is 4.79 Å². The fourth-order valence-electron chi connectivity index (χ4n) is 2.40. The summed E-state index contributed by atoms with van der Waals surface area (Å²) in [6, 6.07) is 0. The molecular formula is C15H21NO2. The van der Waals surface area contributed by atoms with Crippen LogP contribution in [-0.4, -0.2) is 34.6 Å². The van der Waals surface area contributed by atoms with Gasteiger partial charge >= 0.3 is 0 Å². The Morgan fingerprint density at radius 3 is 2.72 bits per heavy atom. The number of aliphatic hydroxyl groups is 1. The second-order valence-corrected chi connectivity index (χ2v) is 5.24. The van der Waals surface area contributed by atoms with Crippen LogP contribution in [0.3, 0.4) is 0 Å². The van der Waals surface area contributed by atoms with Crippen molar-refractivity contribution in [3.05, 3.63) is 36.5 Å². The minimum atomic E-state index is -0.895. The average Bonchev–Trinajstić information content (AvgIpc) is 2.38. The quantitative estimate of drug-likeness (QED) is 0.759. The van der Waals surface area contributed by atoms with Crippen LogP contribution in [0.1, 0.15) is 26.2 Å². The number of carbonyl (C=O) groups is 1. The van der Waals surface area contributed by atoms with Gasteiger partial charge in [-0.15, -0.1) is 0 Å². The topological polar surface area (TPSA) is 40.5 Å². The Hall–Kier alpha value is -1.35. The predicted octanol–water partition coefficient (Wildman–Crippen LogP) is 2.05. The zero-order valence-corrected chi connectivity index (χ0v) is 10.9. The number of carbonyl (C=O) groups excluding carboxylic acids is 1. The molecule has 0 aromatic heterocycles. The van der Waals surface area contributed by atoms with Crippen LogP contribution >= 0.6 is 0 Å². The second kappa shape index (κ2) is 5.53. The third-order valence-electron chi connectivity index (χ3n) is 3.65. The summed E-state index contributed by atoms with van der Waals surface area (Å²) in [5, 5.41) is 10.1. The maximum Gasteiger partial charge on any atom is 0.246 e. The van der Waals surface area contributed by atoms with Gasteiger partial charge in [0.15, 0.2) is 0 Å². The molecule has 18 heavy (non-hydrogen) atoms. The van der Waals surface area contributed by atoms with Crippen LogP contribution < -0.4 is 0 Å². The molecule has 1 fully saturated rings. The second-order valence-electron chi connectivity index (χ2n) is 5.24. The Morgan fingerprint density at radius 1 is 1.33 bits per heavy atom. The number of hydrogen-bond acceptors (Lipinski definition) is 2. The van der Waals surface area contributed by atoms with Gasteiger partial charge in [0.2, 0.25) is 5.91 Å². The highest BCUT2D eigenvalue weighted by Crippen LogP contribution is 2.25. The molecule has 0 aromatic carbocycles. The molecule has 0 bridgehead atoms. The zero-order valence-electron chi connectivity index (χ0n) is 10.9. The summed E-state index contributed by atoms with van der Waals surface area (Å²) in [7, 11) is 0. The lowest BCUT2D eigenvalue weighted by Gasteiger charge is -2.28. The normalized spacial score (nSPS) is 32.1. The summed E-state index contributed by atoms with van der Waals surface area (Å²) in [6.45, 7) is 3.48. The highest BCUT2D eigenvalue weighted by atomic mass is 16.3. The lowest BCUT2D eigenvalue weighted by Crippen LogP contribution is -2.35. The van der Waals surface area contributed by atoms with Gasteiger partial charge in [-0.25, -0.2) is 0 Å². The van der Waals surface area contributed by atoms with Gasteiger partial charge in [-0.1, -0.05) is 30.4 Å². The van der Waals surface area contributed by atoms with Gasteiger partial charge in [0.25, 0.3) is 0 Å². The van der Waals surface area contributed by atoms with E-state index in [1.165, 1.54) is 6.42 Å². The number of rotatable bonds is 2. The van der Waals surface area contributed by atoms with Crippen LogP contribution in [0.5, 0.6) is 0 Å². The van der Waals surface area contributed by atoms with E-state index in [0.717, 1.165) is 25.9 Å². The van der Waals surface area contributed by atoms with E-state index in [-0.39, 0.29) is 11.8 Å². The summed E-state index contributed by atoms with van der Waals surface area (Å²) >= 11 is 0. The largest absolute Gasteiger partial charge is 0.385 e. The van der Waals surface area contributed by atoms with Gasteiger partial charge in [0.05, 0.1) is 5.60 Å². The van der Waals surface area contributed by atoms with E-state index < -0.39 is 5.60 Å². The van der Waals surface area contributed by atoms with Crippen molar-refractivity contribution in [2.45, 2.75) is 31.8 Å². The molecule has 2 unspecified atom stereocenters. The number of nitrogens with zero attached hydrogens (tertiary/aromatic N) is 1. The number of amides is 1. The monoisotopic (exact) mass is 247 g/mol. The zero-order chi connectivity index (χ0) is 13.0. The molecule has 0 radical (unpaired) electrons. The third kappa shape index (κ3) is 3.10. The first-order valence-corrected chi connectivity index (χ1v) is 6.65. The van der Waals surface area contributed by atoms with Crippen LogP contribution in [0.25, 0.3) is 0 Å². The van der Waals surface area contributed by atoms with Crippen molar-refractivity contribution < 1.29 is 9.90 Å². The van der Waals surface area contributed by atoms with E-state index in [2.05, 4.69) is 0 Å². The fraction of sp³-hybridized carbons (Fsp3) is 0.533. The molecular weight excluding hydrogens is 226 g/mol. The van der Waals surface area contributed by atoms with Crippen molar-refractivity contribution in [1.82, 2.24) is 4.90 Å². The molecule has 1 N–H and O–H groups in total. The molecule has 0 saturated carbocycles. The van der Waals surface area contributed by atoms with Crippen molar-refractivity contribution in [2.24, 2.45) is 5.92 Å². The molecule has 2 aliphatic rings. The van der Waals surface area contributed by atoms with E-state index in [9.17, 15) is 9.90 Å². The molecule has 1 saturated heterocycles. The van der Waals surface area contributed by atoms with Gasteiger partial charge in [-0.2, -0.15) is 0 Å². The van der Waals surface area contributed by atoms with E-state index in [4.69, 9.17) is 0 Å². The Bertz CT molecular complexity index is 387.